The number of rotatable bonds is 3. The quantitative estimate of drug-likeness (QED) is 0.526. The van der Waals surface area contributed by atoms with Crippen LogP contribution in [0.1, 0.15) is 18.5 Å². The highest BCUT2D eigenvalue weighted by atomic mass is 16.1. The van der Waals surface area contributed by atoms with Crippen LogP contribution in [-0.2, 0) is 7.05 Å². The molecule has 0 fully saturated rings. The first kappa shape index (κ1) is 16.4. The van der Waals surface area contributed by atoms with Crippen molar-refractivity contribution in [2.45, 2.75) is 13.0 Å². The average molecular weight is 371 g/mol. The minimum Gasteiger partial charge on any atom is -0.320 e. The molecule has 8 nitrogen and oxygen atoms in total. The molecule has 8 heteroatoms. The number of H-pyrrole nitrogens is 1. The largest absolute Gasteiger partial charge is 0.320 e. The number of hydrogen-bond donors (Lipinski definition) is 1. The zero-order chi connectivity index (χ0) is 19.3. The van der Waals surface area contributed by atoms with Crippen LogP contribution in [-0.4, -0.2) is 34.7 Å². The fourth-order valence-corrected chi connectivity index (χ4v) is 3.45. The van der Waals surface area contributed by atoms with Crippen molar-refractivity contribution in [3.63, 3.8) is 0 Å². The molecular formula is C20H17N7O. The normalized spacial score (nSPS) is 12.6. The summed E-state index contributed by atoms with van der Waals surface area (Å²) in [4.78, 5) is 19.7. The maximum Gasteiger partial charge on any atom is 0.278 e. The van der Waals surface area contributed by atoms with Crippen LogP contribution in [0, 0.1) is 0 Å². The van der Waals surface area contributed by atoms with E-state index in [9.17, 15) is 4.79 Å². The summed E-state index contributed by atoms with van der Waals surface area (Å²) in [6.07, 6.45) is 5.35. The summed E-state index contributed by atoms with van der Waals surface area (Å²) in [5, 5.41) is 13.6. The summed E-state index contributed by atoms with van der Waals surface area (Å²) in [7, 11) is 1.84. The van der Waals surface area contributed by atoms with E-state index in [-0.39, 0.29) is 11.6 Å². The van der Waals surface area contributed by atoms with Crippen LogP contribution in [0.5, 0.6) is 0 Å². The van der Waals surface area contributed by atoms with E-state index in [1.54, 1.807) is 21.8 Å². The molecule has 0 aliphatic carbocycles. The number of hydrogen-bond acceptors (Lipinski definition) is 5. The lowest BCUT2D eigenvalue weighted by molar-refractivity contribution is 0.560. The van der Waals surface area contributed by atoms with Gasteiger partial charge in [0.2, 0.25) is 0 Å². The molecule has 0 saturated carbocycles. The predicted molar refractivity (Wildman–Crippen MR) is 106 cm³/mol. The second-order valence-electron chi connectivity index (χ2n) is 6.81. The fraction of sp³-hybridized carbons (Fsp3) is 0.150. The van der Waals surface area contributed by atoms with Gasteiger partial charge >= 0.3 is 0 Å². The summed E-state index contributed by atoms with van der Waals surface area (Å²) >= 11 is 0. The molecule has 138 valence electrons. The van der Waals surface area contributed by atoms with Crippen LogP contribution < -0.4 is 5.56 Å². The number of aromatic amines is 1. The highest BCUT2D eigenvalue weighted by Crippen LogP contribution is 2.25. The Hall–Kier alpha value is -3.81. The molecule has 1 atom stereocenters. The number of pyridine rings is 2. The minimum atomic E-state index is -0.266. The van der Waals surface area contributed by atoms with Crippen molar-refractivity contribution < 1.29 is 0 Å². The van der Waals surface area contributed by atoms with E-state index in [4.69, 9.17) is 0 Å². The summed E-state index contributed by atoms with van der Waals surface area (Å²) in [5.74, 6) is 0. The zero-order valence-electron chi connectivity index (χ0n) is 15.4. The molecule has 4 aromatic heterocycles. The lowest BCUT2D eigenvalue weighted by Crippen LogP contribution is -2.11. The van der Waals surface area contributed by atoms with E-state index in [0.717, 1.165) is 22.0 Å². The maximum absolute atomic E-state index is 12.5. The van der Waals surface area contributed by atoms with Gasteiger partial charge in [0.15, 0.2) is 5.52 Å². The Morgan fingerprint density at radius 3 is 2.89 bits per heavy atom. The van der Waals surface area contributed by atoms with Gasteiger partial charge in [-0.05, 0) is 36.8 Å². The fourth-order valence-electron chi connectivity index (χ4n) is 3.45. The van der Waals surface area contributed by atoms with Crippen molar-refractivity contribution in [1.82, 2.24) is 34.7 Å². The van der Waals surface area contributed by atoms with E-state index < -0.39 is 0 Å². The molecule has 0 radical (unpaired) electrons. The second kappa shape index (κ2) is 6.12. The molecule has 5 rings (SSSR count). The van der Waals surface area contributed by atoms with Crippen LogP contribution >= 0.6 is 0 Å². The monoisotopic (exact) mass is 371 g/mol. The summed E-state index contributed by atoms with van der Waals surface area (Å²) in [6, 6.07) is 11.9. The third-order valence-electron chi connectivity index (χ3n) is 4.97. The third kappa shape index (κ3) is 2.58. The smallest absolute Gasteiger partial charge is 0.278 e. The molecule has 4 heterocycles. The maximum atomic E-state index is 12.5. The topological polar surface area (TPSA) is 94.3 Å². The van der Waals surface area contributed by atoms with Crippen LogP contribution in [0.15, 0.2) is 59.8 Å². The number of aryl methyl sites for hydroxylation is 1. The first-order valence-corrected chi connectivity index (χ1v) is 8.92. The van der Waals surface area contributed by atoms with Crippen molar-refractivity contribution in [2.24, 2.45) is 7.05 Å². The van der Waals surface area contributed by atoms with E-state index in [1.165, 1.54) is 0 Å². The molecule has 0 spiro atoms. The highest BCUT2D eigenvalue weighted by molar-refractivity contribution is 5.80. The number of benzene rings is 1. The lowest BCUT2D eigenvalue weighted by atomic mass is 10.1. The number of fused-ring (bicyclic) bond motifs is 2. The second-order valence-corrected chi connectivity index (χ2v) is 6.81. The standard InChI is InChI=1S/C20H17N7O/c1-12(13-5-6-16-14(8-13)4-3-7-21-16)27-18-9-17(15-10-22-26(2)11-15)23-20(28)19(18)24-25-27/h3-12H,1-2H3,(H,23,28). The summed E-state index contributed by atoms with van der Waals surface area (Å²) in [5.41, 5.74) is 4.26. The van der Waals surface area contributed by atoms with Gasteiger partial charge < -0.3 is 4.98 Å². The van der Waals surface area contributed by atoms with Crippen LogP contribution in [0.3, 0.4) is 0 Å². The minimum absolute atomic E-state index is 0.0989. The Balaban J connectivity index is 1.65. The van der Waals surface area contributed by atoms with Gasteiger partial charge in [0.25, 0.3) is 5.56 Å². The Bertz CT molecular complexity index is 1380. The number of nitrogens with one attached hydrogen (secondary N) is 1. The molecular weight excluding hydrogens is 354 g/mol. The van der Waals surface area contributed by atoms with Crippen molar-refractivity contribution in [1.29, 1.82) is 0 Å². The summed E-state index contributed by atoms with van der Waals surface area (Å²) < 4.78 is 3.47. The highest BCUT2D eigenvalue weighted by Gasteiger charge is 2.17. The van der Waals surface area contributed by atoms with Gasteiger partial charge in [0.1, 0.15) is 0 Å². The average Bonchev–Trinajstić information content (AvgIpc) is 3.33. The third-order valence-corrected chi connectivity index (χ3v) is 4.97. The van der Waals surface area contributed by atoms with Gasteiger partial charge in [0.05, 0.1) is 29.0 Å². The Labute approximate surface area is 159 Å². The number of nitrogens with zero attached hydrogens (tertiary/aromatic N) is 6. The van der Waals surface area contributed by atoms with Gasteiger partial charge in [-0.3, -0.25) is 14.5 Å². The van der Waals surface area contributed by atoms with E-state index in [2.05, 4.69) is 31.4 Å². The molecule has 28 heavy (non-hydrogen) atoms. The van der Waals surface area contributed by atoms with Crippen molar-refractivity contribution in [3.8, 4) is 11.3 Å². The molecule has 1 aromatic carbocycles. The van der Waals surface area contributed by atoms with E-state index >= 15 is 0 Å². The molecule has 0 saturated heterocycles. The Morgan fingerprint density at radius 2 is 2.07 bits per heavy atom. The van der Waals surface area contributed by atoms with E-state index in [1.807, 2.05) is 50.5 Å². The SMILES string of the molecule is CC(c1ccc2ncccc2c1)n1nnc2c(=O)[nH]c(-c3cnn(C)c3)cc21. The Kier molecular flexibility index (Phi) is 3.58. The van der Waals surface area contributed by atoms with Crippen LogP contribution in [0.4, 0.5) is 0 Å². The predicted octanol–water partition coefficient (Wildman–Crippen LogP) is 2.68. The molecule has 0 aliphatic rings. The molecule has 0 amide bonds. The van der Waals surface area contributed by atoms with E-state index in [0.29, 0.717) is 16.7 Å². The van der Waals surface area contributed by atoms with Crippen LogP contribution in [0.2, 0.25) is 0 Å². The Morgan fingerprint density at radius 1 is 1.18 bits per heavy atom. The molecule has 5 aromatic rings. The zero-order valence-corrected chi connectivity index (χ0v) is 15.4. The van der Waals surface area contributed by atoms with Gasteiger partial charge in [0, 0.05) is 30.4 Å². The van der Waals surface area contributed by atoms with Crippen molar-refractivity contribution >= 4 is 21.9 Å². The number of aromatic nitrogens is 7. The van der Waals surface area contributed by atoms with Gasteiger partial charge in [-0.1, -0.05) is 17.3 Å². The van der Waals surface area contributed by atoms with Crippen molar-refractivity contribution in [2.75, 3.05) is 0 Å². The molecule has 0 aliphatic heterocycles. The molecule has 1 N–H and O–H groups in total. The van der Waals surface area contributed by atoms with Crippen LogP contribution in [0.25, 0.3) is 33.2 Å². The van der Waals surface area contributed by atoms with Gasteiger partial charge in [-0.2, -0.15) is 5.10 Å². The van der Waals surface area contributed by atoms with Crippen molar-refractivity contribution in [3.05, 3.63) is 70.9 Å². The van der Waals surface area contributed by atoms with Gasteiger partial charge in [-0.15, -0.1) is 5.10 Å². The summed E-state index contributed by atoms with van der Waals surface area (Å²) in [6.45, 7) is 2.04. The first-order chi connectivity index (χ1) is 13.6. The lowest BCUT2D eigenvalue weighted by Gasteiger charge is -2.14. The van der Waals surface area contributed by atoms with Gasteiger partial charge in [-0.25, -0.2) is 4.68 Å². The molecule has 1 unspecified atom stereocenters. The first-order valence-electron chi connectivity index (χ1n) is 8.92. The molecule has 0 bridgehead atoms.